The number of halogens is 1. The molecule has 0 bridgehead atoms. The maximum absolute atomic E-state index is 5.97. The molecular formula is C16H14ClN3O. The molecule has 5 heteroatoms. The second kappa shape index (κ2) is 5.97. The van der Waals surface area contributed by atoms with Gasteiger partial charge in [0.1, 0.15) is 6.04 Å². The van der Waals surface area contributed by atoms with Crippen molar-refractivity contribution >= 4 is 17.3 Å². The number of anilines is 1. The van der Waals surface area contributed by atoms with Crippen molar-refractivity contribution in [2.24, 2.45) is 0 Å². The molecule has 0 radical (unpaired) electrons. The van der Waals surface area contributed by atoms with Crippen molar-refractivity contribution in [3.63, 3.8) is 0 Å². The van der Waals surface area contributed by atoms with E-state index in [0.717, 1.165) is 11.3 Å². The molecule has 0 amide bonds. The van der Waals surface area contributed by atoms with Crippen molar-refractivity contribution in [2.75, 3.05) is 5.32 Å². The summed E-state index contributed by atoms with van der Waals surface area (Å²) < 4.78 is 5.72. The van der Waals surface area contributed by atoms with Crippen molar-refractivity contribution in [2.45, 2.75) is 13.0 Å². The summed E-state index contributed by atoms with van der Waals surface area (Å²) in [6.45, 7) is 1.97. The fourth-order valence-electron chi connectivity index (χ4n) is 1.99. The summed E-state index contributed by atoms with van der Waals surface area (Å²) in [5.41, 5.74) is 1.82. The van der Waals surface area contributed by atoms with E-state index in [1.807, 2.05) is 55.5 Å². The number of nitrogens with zero attached hydrogens (tertiary/aromatic N) is 2. The van der Waals surface area contributed by atoms with Gasteiger partial charge in [0.25, 0.3) is 0 Å². The summed E-state index contributed by atoms with van der Waals surface area (Å²) in [4.78, 5) is 0. The summed E-state index contributed by atoms with van der Waals surface area (Å²) in [5, 5.41) is 12.1. The van der Waals surface area contributed by atoms with Crippen LogP contribution in [0.25, 0.3) is 11.5 Å². The molecule has 1 heterocycles. The van der Waals surface area contributed by atoms with Gasteiger partial charge in [0.05, 0.1) is 0 Å². The Balaban J connectivity index is 1.78. The van der Waals surface area contributed by atoms with Crippen LogP contribution in [0.4, 0.5) is 5.69 Å². The SMILES string of the molecule is C[C@H](Nc1ccccc1)c1nnc(-c2cccc(Cl)c2)o1. The van der Waals surface area contributed by atoms with Gasteiger partial charge >= 0.3 is 0 Å². The maximum Gasteiger partial charge on any atom is 0.247 e. The van der Waals surface area contributed by atoms with E-state index in [1.54, 1.807) is 6.07 Å². The third-order valence-electron chi connectivity index (χ3n) is 3.04. The van der Waals surface area contributed by atoms with E-state index >= 15 is 0 Å². The smallest absolute Gasteiger partial charge is 0.247 e. The van der Waals surface area contributed by atoms with E-state index in [1.165, 1.54) is 0 Å². The largest absolute Gasteiger partial charge is 0.418 e. The van der Waals surface area contributed by atoms with Gasteiger partial charge in [-0.25, -0.2) is 0 Å². The van der Waals surface area contributed by atoms with Crippen molar-refractivity contribution < 1.29 is 4.42 Å². The van der Waals surface area contributed by atoms with Gasteiger partial charge in [-0.3, -0.25) is 0 Å². The Morgan fingerprint density at radius 2 is 1.86 bits per heavy atom. The van der Waals surface area contributed by atoms with Gasteiger partial charge in [0.2, 0.25) is 11.8 Å². The van der Waals surface area contributed by atoms with E-state index in [2.05, 4.69) is 15.5 Å². The van der Waals surface area contributed by atoms with Crippen LogP contribution >= 0.6 is 11.6 Å². The lowest BCUT2D eigenvalue weighted by molar-refractivity contribution is 0.485. The first-order valence-corrected chi connectivity index (χ1v) is 7.01. The number of para-hydroxylation sites is 1. The van der Waals surface area contributed by atoms with Gasteiger partial charge < -0.3 is 9.73 Å². The van der Waals surface area contributed by atoms with Crippen LogP contribution in [0.3, 0.4) is 0 Å². The Morgan fingerprint density at radius 1 is 1.05 bits per heavy atom. The average Bonchev–Trinajstić information content (AvgIpc) is 2.98. The van der Waals surface area contributed by atoms with E-state index < -0.39 is 0 Å². The molecule has 0 fully saturated rings. The molecule has 1 atom stereocenters. The first-order chi connectivity index (χ1) is 10.2. The van der Waals surface area contributed by atoms with Crippen molar-refractivity contribution in [1.29, 1.82) is 0 Å². The minimum Gasteiger partial charge on any atom is -0.418 e. The molecular weight excluding hydrogens is 286 g/mol. The number of nitrogens with one attached hydrogen (secondary N) is 1. The fraction of sp³-hybridized carbons (Fsp3) is 0.125. The lowest BCUT2D eigenvalue weighted by Gasteiger charge is -2.10. The minimum atomic E-state index is -0.0761. The molecule has 4 nitrogen and oxygen atoms in total. The highest BCUT2D eigenvalue weighted by Crippen LogP contribution is 2.24. The summed E-state index contributed by atoms with van der Waals surface area (Å²) in [5.74, 6) is 1.00. The van der Waals surface area contributed by atoms with E-state index in [0.29, 0.717) is 16.8 Å². The average molecular weight is 300 g/mol. The Labute approximate surface area is 127 Å². The molecule has 1 N–H and O–H groups in total. The molecule has 0 aliphatic carbocycles. The molecule has 3 rings (SSSR count). The van der Waals surface area contributed by atoms with Crippen LogP contribution in [0.1, 0.15) is 18.9 Å². The number of rotatable bonds is 4. The van der Waals surface area contributed by atoms with Gasteiger partial charge in [-0.15, -0.1) is 10.2 Å². The number of hydrogen-bond donors (Lipinski definition) is 1. The first-order valence-electron chi connectivity index (χ1n) is 6.63. The third kappa shape index (κ3) is 3.23. The predicted molar refractivity (Wildman–Crippen MR) is 83.2 cm³/mol. The standard InChI is InChI=1S/C16H14ClN3O/c1-11(18-14-8-3-2-4-9-14)15-19-20-16(21-15)12-6-5-7-13(17)10-12/h2-11,18H,1H3/t11-/m0/s1. The quantitative estimate of drug-likeness (QED) is 0.767. The maximum atomic E-state index is 5.97. The molecule has 0 saturated heterocycles. The summed E-state index contributed by atoms with van der Waals surface area (Å²) >= 11 is 5.97. The van der Waals surface area contributed by atoms with Crippen LogP contribution in [0.15, 0.2) is 59.0 Å². The molecule has 2 aromatic carbocycles. The zero-order valence-electron chi connectivity index (χ0n) is 11.5. The lowest BCUT2D eigenvalue weighted by Crippen LogP contribution is -2.06. The van der Waals surface area contributed by atoms with Gasteiger partial charge in [-0.05, 0) is 37.3 Å². The molecule has 0 spiro atoms. The second-order valence-corrected chi connectivity index (χ2v) is 5.12. The zero-order valence-corrected chi connectivity index (χ0v) is 12.2. The Bertz CT molecular complexity index is 727. The number of hydrogen-bond acceptors (Lipinski definition) is 4. The normalized spacial score (nSPS) is 12.1. The molecule has 3 aromatic rings. The molecule has 106 valence electrons. The molecule has 0 aliphatic rings. The third-order valence-corrected chi connectivity index (χ3v) is 3.27. The van der Waals surface area contributed by atoms with Gasteiger partial charge in [0.15, 0.2) is 0 Å². The summed E-state index contributed by atoms with van der Waals surface area (Å²) in [7, 11) is 0. The van der Waals surface area contributed by atoms with E-state index in [4.69, 9.17) is 16.0 Å². The van der Waals surface area contributed by atoms with Crippen molar-refractivity contribution in [1.82, 2.24) is 10.2 Å². The fourth-order valence-corrected chi connectivity index (χ4v) is 2.18. The highest BCUT2D eigenvalue weighted by atomic mass is 35.5. The summed E-state index contributed by atoms with van der Waals surface area (Å²) in [6, 6.07) is 17.2. The Hall–Kier alpha value is -2.33. The molecule has 21 heavy (non-hydrogen) atoms. The molecule has 0 aliphatic heterocycles. The van der Waals surface area contributed by atoms with E-state index in [-0.39, 0.29) is 6.04 Å². The van der Waals surface area contributed by atoms with Crippen LogP contribution < -0.4 is 5.32 Å². The Kier molecular flexibility index (Phi) is 3.88. The van der Waals surface area contributed by atoms with Gasteiger partial charge in [-0.2, -0.15) is 0 Å². The van der Waals surface area contributed by atoms with Crippen LogP contribution in [0.5, 0.6) is 0 Å². The second-order valence-electron chi connectivity index (χ2n) is 4.69. The summed E-state index contributed by atoms with van der Waals surface area (Å²) in [6.07, 6.45) is 0. The highest BCUT2D eigenvalue weighted by Gasteiger charge is 2.15. The first kappa shape index (κ1) is 13.6. The van der Waals surface area contributed by atoms with Crippen LogP contribution in [-0.2, 0) is 0 Å². The molecule has 0 unspecified atom stereocenters. The van der Waals surface area contributed by atoms with Crippen molar-refractivity contribution in [3.8, 4) is 11.5 Å². The highest BCUT2D eigenvalue weighted by molar-refractivity contribution is 6.30. The zero-order chi connectivity index (χ0) is 14.7. The predicted octanol–water partition coefficient (Wildman–Crippen LogP) is 4.56. The lowest BCUT2D eigenvalue weighted by atomic mass is 10.2. The van der Waals surface area contributed by atoms with Gasteiger partial charge in [0, 0.05) is 16.3 Å². The minimum absolute atomic E-state index is 0.0761. The van der Waals surface area contributed by atoms with E-state index in [9.17, 15) is 0 Å². The Morgan fingerprint density at radius 3 is 2.62 bits per heavy atom. The van der Waals surface area contributed by atoms with Crippen molar-refractivity contribution in [3.05, 3.63) is 65.5 Å². The number of aromatic nitrogens is 2. The number of benzene rings is 2. The molecule has 0 saturated carbocycles. The van der Waals surface area contributed by atoms with Crippen LogP contribution in [-0.4, -0.2) is 10.2 Å². The van der Waals surface area contributed by atoms with Gasteiger partial charge in [-0.1, -0.05) is 35.9 Å². The van der Waals surface area contributed by atoms with Crippen LogP contribution in [0, 0.1) is 0 Å². The van der Waals surface area contributed by atoms with Crippen LogP contribution in [0.2, 0.25) is 5.02 Å². The molecule has 1 aromatic heterocycles. The monoisotopic (exact) mass is 299 g/mol. The topological polar surface area (TPSA) is 51.0 Å².